The highest BCUT2D eigenvalue weighted by Gasteiger charge is 2.18. The Kier molecular flexibility index (Phi) is 6.81. The largest absolute Gasteiger partial charge is 0.492 e. The van der Waals surface area contributed by atoms with Crippen LogP contribution in [0.2, 0.25) is 5.02 Å². The molecule has 1 amide bonds. The summed E-state index contributed by atoms with van der Waals surface area (Å²) in [6.45, 7) is 2.84. The minimum Gasteiger partial charge on any atom is -0.492 e. The van der Waals surface area contributed by atoms with Crippen molar-refractivity contribution in [1.82, 2.24) is 4.90 Å². The molecule has 25 heavy (non-hydrogen) atoms. The van der Waals surface area contributed by atoms with Crippen molar-refractivity contribution in [2.45, 2.75) is 13.0 Å². The zero-order chi connectivity index (χ0) is 18.2. The van der Waals surface area contributed by atoms with Crippen LogP contribution in [0.1, 0.15) is 12.5 Å². The summed E-state index contributed by atoms with van der Waals surface area (Å²) in [4.78, 5) is 14.3. The molecule has 5 nitrogen and oxygen atoms in total. The summed E-state index contributed by atoms with van der Waals surface area (Å²) in [5.41, 5.74) is 0.962. The van der Waals surface area contributed by atoms with Gasteiger partial charge in [0, 0.05) is 11.6 Å². The van der Waals surface area contributed by atoms with Gasteiger partial charge in [0.2, 0.25) is 5.91 Å². The SMILES string of the molecule is C[C@H](C(=O)Nc1ccccc1C#N)N(C)CCOc1ccc(Cl)cc1. The third-order valence-electron chi connectivity index (χ3n) is 3.87. The predicted molar refractivity (Wildman–Crippen MR) is 98.8 cm³/mol. The van der Waals surface area contributed by atoms with E-state index in [1.54, 1.807) is 48.5 Å². The quantitative estimate of drug-likeness (QED) is 0.823. The van der Waals surface area contributed by atoms with Gasteiger partial charge in [0.15, 0.2) is 0 Å². The van der Waals surface area contributed by atoms with E-state index in [0.717, 1.165) is 5.75 Å². The molecule has 0 aliphatic heterocycles. The van der Waals surface area contributed by atoms with Crippen molar-refractivity contribution in [3.05, 3.63) is 59.1 Å². The standard InChI is InChI=1S/C19H20ClN3O2/c1-14(19(24)22-18-6-4-3-5-15(18)13-21)23(2)11-12-25-17-9-7-16(20)8-10-17/h3-10,14H,11-12H2,1-2H3,(H,22,24)/t14-/m1/s1. The molecule has 0 spiro atoms. The van der Waals surface area contributed by atoms with E-state index in [9.17, 15) is 4.79 Å². The van der Waals surface area contributed by atoms with Crippen LogP contribution in [0.3, 0.4) is 0 Å². The number of likely N-dealkylation sites (N-methyl/N-ethyl adjacent to an activating group) is 1. The molecule has 0 aliphatic carbocycles. The summed E-state index contributed by atoms with van der Waals surface area (Å²) in [6, 6.07) is 15.8. The van der Waals surface area contributed by atoms with Crippen LogP contribution in [0.15, 0.2) is 48.5 Å². The van der Waals surface area contributed by atoms with Gasteiger partial charge in [-0.05, 0) is 50.4 Å². The number of halogens is 1. The van der Waals surface area contributed by atoms with Crippen LogP contribution in [-0.4, -0.2) is 37.0 Å². The Labute approximate surface area is 152 Å². The van der Waals surface area contributed by atoms with Crippen LogP contribution in [0.25, 0.3) is 0 Å². The first kappa shape index (κ1) is 18.8. The second-order valence-corrected chi connectivity index (χ2v) is 6.04. The van der Waals surface area contributed by atoms with Crippen molar-refractivity contribution in [1.29, 1.82) is 5.26 Å². The molecular weight excluding hydrogens is 338 g/mol. The van der Waals surface area contributed by atoms with Crippen LogP contribution >= 0.6 is 11.6 Å². The zero-order valence-electron chi connectivity index (χ0n) is 14.2. The van der Waals surface area contributed by atoms with E-state index in [-0.39, 0.29) is 11.9 Å². The minimum atomic E-state index is -0.361. The lowest BCUT2D eigenvalue weighted by Crippen LogP contribution is -2.41. The number of nitrogens with one attached hydrogen (secondary N) is 1. The first-order valence-electron chi connectivity index (χ1n) is 7.90. The van der Waals surface area contributed by atoms with Crippen molar-refractivity contribution < 1.29 is 9.53 Å². The molecule has 6 heteroatoms. The van der Waals surface area contributed by atoms with Crippen LogP contribution in [0.5, 0.6) is 5.75 Å². The lowest BCUT2D eigenvalue weighted by Gasteiger charge is -2.24. The number of para-hydroxylation sites is 1. The summed E-state index contributed by atoms with van der Waals surface area (Å²) in [5, 5.41) is 12.5. The molecule has 130 valence electrons. The van der Waals surface area contributed by atoms with Gasteiger partial charge < -0.3 is 10.1 Å². The number of rotatable bonds is 7. The maximum atomic E-state index is 12.4. The molecule has 0 unspecified atom stereocenters. The molecule has 0 bridgehead atoms. The summed E-state index contributed by atoms with van der Waals surface area (Å²) < 4.78 is 5.64. The molecule has 1 N–H and O–H groups in total. The predicted octanol–water partition coefficient (Wildman–Crippen LogP) is 3.55. The Bertz CT molecular complexity index is 756. The van der Waals surface area contributed by atoms with Crippen molar-refractivity contribution in [2.24, 2.45) is 0 Å². The number of carbonyl (C=O) groups is 1. The smallest absolute Gasteiger partial charge is 0.241 e. The molecule has 0 saturated carbocycles. The number of hydrogen-bond donors (Lipinski definition) is 1. The molecular formula is C19H20ClN3O2. The third kappa shape index (κ3) is 5.49. The number of anilines is 1. The Morgan fingerprint density at radius 1 is 1.28 bits per heavy atom. The number of benzene rings is 2. The number of nitriles is 1. The second kappa shape index (κ2) is 9.07. The molecule has 2 rings (SSSR count). The van der Waals surface area contributed by atoms with Crippen LogP contribution in [0, 0.1) is 11.3 Å². The van der Waals surface area contributed by atoms with Crippen LogP contribution in [-0.2, 0) is 4.79 Å². The Morgan fingerprint density at radius 3 is 2.64 bits per heavy atom. The molecule has 2 aromatic carbocycles. The second-order valence-electron chi connectivity index (χ2n) is 5.61. The number of hydrogen-bond acceptors (Lipinski definition) is 4. The average Bonchev–Trinajstić information content (AvgIpc) is 2.63. The fourth-order valence-corrected chi connectivity index (χ4v) is 2.28. The Morgan fingerprint density at radius 2 is 1.96 bits per heavy atom. The molecule has 0 saturated heterocycles. The highest BCUT2D eigenvalue weighted by atomic mass is 35.5. The van der Waals surface area contributed by atoms with Gasteiger partial charge in [0.25, 0.3) is 0 Å². The van der Waals surface area contributed by atoms with Gasteiger partial charge in [-0.25, -0.2) is 0 Å². The van der Waals surface area contributed by atoms with Crippen molar-refractivity contribution in [3.63, 3.8) is 0 Å². The highest BCUT2D eigenvalue weighted by Crippen LogP contribution is 2.16. The molecule has 0 radical (unpaired) electrons. The first-order valence-corrected chi connectivity index (χ1v) is 8.27. The molecule has 1 atom stereocenters. The number of ether oxygens (including phenoxy) is 1. The lowest BCUT2D eigenvalue weighted by atomic mass is 10.2. The summed E-state index contributed by atoms with van der Waals surface area (Å²) in [5.74, 6) is 0.564. The summed E-state index contributed by atoms with van der Waals surface area (Å²) in [6.07, 6.45) is 0. The van der Waals surface area contributed by atoms with Gasteiger partial charge in [-0.1, -0.05) is 23.7 Å². The van der Waals surface area contributed by atoms with E-state index < -0.39 is 0 Å². The van der Waals surface area contributed by atoms with E-state index in [4.69, 9.17) is 21.6 Å². The van der Waals surface area contributed by atoms with Gasteiger partial charge in [0.1, 0.15) is 18.4 Å². The van der Waals surface area contributed by atoms with E-state index in [1.165, 1.54) is 0 Å². The van der Waals surface area contributed by atoms with E-state index in [0.29, 0.717) is 29.4 Å². The zero-order valence-corrected chi connectivity index (χ0v) is 15.0. The van der Waals surface area contributed by atoms with E-state index in [1.807, 2.05) is 18.9 Å². The van der Waals surface area contributed by atoms with Gasteiger partial charge in [-0.3, -0.25) is 9.69 Å². The lowest BCUT2D eigenvalue weighted by molar-refractivity contribution is -0.120. The van der Waals surface area contributed by atoms with Gasteiger partial charge in [-0.2, -0.15) is 5.26 Å². The minimum absolute atomic E-state index is 0.170. The maximum Gasteiger partial charge on any atom is 0.241 e. The van der Waals surface area contributed by atoms with Crippen molar-refractivity contribution in [2.75, 3.05) is 25.5 Å². The average molecular weight is 358 g/mol. The third-order valence-corrected chi connectivity index (χ3v) is 4.12. The van der Waals surface area contributed by atoms with Crippen molar-refractivity contribution >= 4 is 23.2 Å². The molecule has 0 aliphatic rings. The monoisotopic (exact) mass is 357 g/mol. The topological polar surface area (TPSA) is 65.4 Å². The van der Waals surface area contributed by atoms with Crippen LogP contribution < -0.4 is 10.1 Å². The number of nitrogens with zero attached hydrogens (tertiary/aromatic N) is 2. The number of carbonyl (C=O) groups excluding carboxylic acids is 1. The Hall–Kier alpha value is -2.55. The van der Waals surface area contributed by atoms with Crippen molar-refractivity contribution in [3.8, 4) is 11.8 Å². The summed E-state index contributed by atoms with van der Waals surface area (Å²) >= 11 is 5.83. The van der Waals surface area contributed by atoms with Gasteiger partial charge >= 0.3 is 0 Å². The normalized spacial score (nSPS) is 11.6. The molecule has 0 aromatic heterocycles. The molecule has 0 fully saturated rings. The highest BCUT2D eigenvalue weighted by molar-refractivity contribution is 6.30. The summed E-state index contributed by atoms with van der Waals surface area (Å²) in [7, 11) is 1.85. The van der Waals surface area contributed by atoms with Crippen LogP contribution in [0.4, 0.5) is 5.69 Å². The first-order chi connectivity index (χ1) is 12.0. The Balaban J connectivity index is 1.84. The fourth-order valence-electron chi connectivity index (χ4n) is 2.16. The van der Waals surface area contributed by atoms with Gasteiger partial charge in [-0.15, -0.1) is 0 Å². The van der Waals surface area contributed by atoms with E-state index >= 15 is 0 Å². The molecule has 2 aromatic rings. The maximum absolute atomic E-state index is 12.4. The number of amides is 1. The van der Waals surface area contributed by atoms with Gasteiger partial charge in [0.05, 0.1) is 17.3 Å². The fraction of sp³-hybridized carbons (Fsp3) is 0.263. The van der Waals surface area contributed by atoms with E-state index in [2.05, 4.69) is 11.4 Å². The molecule has 0 heterocycles.